The number of esters is 1. The summed E-state index contributed by atoms with van der Waals surface area (Å²) in [4.78, 5) is 50.0. The van der Waals surface area contributed by atoms with Gasteiger partial charge >= 0.3 is 11.7 Å². The van der Waals surface area contributed by atoms with Crippen molar-refractivity contribution in [1.82, 2.24) is 9.97 Å². The zero-order chi connectivity index (χ0) is 18.7. The highest BCUT2D eigenvalue weighted by Crippen LogP contribution is 2.33. The van der Waals surface area contributed by atoms with Crippen molar-refractivity contribution in [3.63, 3.8) is 0 Å². The predicted octanol–water partition coefficient (Wildman–Crippen LogP) is 1.40. The number of hydrogen-bond acceptors (Lipinski definition) is 6. The first kappa shape index (κ1) is 18.8. The number of nitrogens with two attached hydrogens (primary N) is 1. The fourth-order valence-corrected chi connectivity index (χ4v) is 2.61. The van der Waals surface area contributed by atoms with Gasteiger partial charge in [-0.2, -0.15) is 0 Å². The van der Waals surface area contributed by atoms with Crippen molar-refractivity contribution in [2.75, 3.05) is 17.7 Å². The molecule has 0 bridgehead atoms. The Morgan fingerprint density at radius 3 is 2.32 bits per heavy atom. The molecule has 5 N–H and O–H groups in total. The Morgan fingerprint density at radius 1 is 1.12 bits per heavy atom. The molecule has 0 saturated heterocycles. The van der Waals surface area contributed by atoms with Crippen molar-refractivity contribution in [3.05, 3.63) is 53.7 Å². The number of halogens is 3. The van der Waals surface area contributed by atoms with E-state index >= 15 is 0 Å². The topological polar surface area (TPSA) is 147 Å². The number of carbonyl (C=O) groups excluding carboxylic acids is 2. The van der Waals surface area contributed by atoms with Gasteiger partial charge in [0, 0.05) is 5.02 Å². The molecule has 0 saturated carbocycles. The van der Waals surface area contributed by atoms with Crippen LogP contribution in [-0.2, 0) is 9.53 Å². The number of H-pyrrole nitrogens is 2. The molecule has 0 radical (unpaired) electrons. The number of nitrogen functional groups attached to an aromatic ring is 1. The summed E-state index contributed by atoms with van der Waals surface area (Å²) in [5, 5.41) is 2.78. The Bertz CT molecular complexity index is 946. The first-order chi connectivity index (χ1) is 11.7. The predicted molar refractivity (Wildman–Crippen MR) is 92.5 cm³/mol. The molecule has 9 nitrogen and oxygen atoms in total. The van der Waals surface area contributed by atoms with Crippen LogP contribution in [0.25, 0.3) is 0 Å². The quantitative estimate of drug-likeness (QED) is 0.563. The zero-order valence-corrected chi connectivity index (χ0v) is 14.4. The molecule has 0 aliphatic rings. The van der Waals surface area contributed by atoms with Gasteiger partial charge in [0.05, 0.1) is 15.7 Å². The molecule has 0 aliphatic carbocycles. The second-order valence-electron chi connectivity index (χ2n) is 4.57. The molecule has 0 spiro atoms. The van der Waals surface area contributed by atoms with Crippen molar-refractivity contribution in [3.8, 4) is 0 Å². The first-order valence-corrected chi connectivity index (χ1v) is 7.56. The average Bonchev–Trinajstić information content (AvgIpc) is 2.52. The summed E-state index contributed by atoms with van der Waals surface area (Å²) in [6.45, 7) is -0.748. The summed E-state index contributed by atoms with van der Waals surface area (Å²) in [6.07, 6.45) is 0. The maximum Gasteiger partial charge on any atom is 0.357 e. The van der Waals surface area contributed by atoms with Crippen molar-refractivity contribution in [2.45, 2.75) is 0 Å². The first-order valence-electron chi connectivity index (χ1n) is 6.42. The molecule has 0 atom stereocenters. The van der Waals surface area contributed by atoms with Gasteiger partial charge in [-0.05, 0) is 12.1 Å². The van der Waals surface area contributed by atoms with E-state index in [2.05, 4.69) is 5.32 Å². The summed E-state index contributed by atoms with van der Waals surface area (Å²) >= 11 is 17.6. The molecule has 2 aromatic rings. The molecule has 0 fully saturated rings. The van der Waals surface area contributed by atoms with Crippen molar-refractivity contribution < 1.29 is 14.3 Å². The molecule has 0 aliphatic heterocycles. The summed E-state index contributed by atoms with van der Waals surface area (Å²) in [7, 11) is 0. The van der Waals surface area contributed by atoms with E-state index in [1.54, 1.807) is 0 Å². The summed E-state index contributed by atoms with van der Waals surface area (Å²) in [6, 6.07) is 2.72. The molecule has 1 aromatic carbocycles. The fraction of sp³-hybridized carbons (Fsp3) is 0.0769. The van der Waals surface area contributed by atoms with Crippen LogP contribution in [0, 0.1) is 0 Å². The molecular weight excluding hydrogens is 399 g/mol. The van der Waals surface area contributed by atoms with Crippen LogP contribution in [0.1, 0.15) is 10.5 Å². The highest BCUT2D eigenvalue weighted by atomic mass is 35.5. The lowest BCUT2D eigenvalue weighted by Gasteiger charge is -2.10. The maximum absolute atomic E-state index is 11.8. The van der Waals surface area contributed by atoms with Gasteiger partial charge in [-0.25, -0.2) is 9.59 Å². The number of benzene rings is 1. The number of carbonyl (C=O) groups is 2. The van der Waals surface area contributed by atoms with Crippen molar-refractivity contribution in [1.29, 1.82) is 0 Å². The van der Waals surface area contributed by atoms with Crippen LogP contribution < -0.4 is 22.3 Å². The number of hydrogen-bond donors (Lipinski definition) is 4. The SMILES string of the molecule is Nc1c(C(=O)OCC(=O)Nc2c(Cl)cc(Cl)cc2Cl)[nH]c(=O)[nH]c1=O. The highest BCUT2D eigenvalue weighted by Gasteiger charge is 2.18. The lowest BCUT2D eigenvalue weighted by atomic mass is 10.3. The fourth-order valence-electron chi connectivity index (χ4n) is 1.70. The monoisotopic (exact) mass is 406 g/mol. The zero-order valence-electron chi connectivity index (χ0n) is 12.1. The van der Waals surface area contributed by atoms with E-state index < -0.39 is 41.1 Å². The standard InChI is InChI=1S/C13H9Cl3N4O5/c14-4-1-5(15)9(6(16)2-4)18-7(21)3-25-12(23)10-8(17)11(22)20-13(24)19-10/h1-2H,3,17H2,(H,18,21)(H2,19,20,22,24). The molecule has 1 heterocycles. The molecular formula is C13H9Cl3N4O5. The van der Waals surface area contributed by atoms with Gasteiger partial charge < -0.3 is 15.8 Å². The van der Waals surface area contributed by atoms with Gasteiger partial charge in [-0.3, -0.25) is 19.6 Å². The van der Waals surface area contributed by atoms with E-state index in [0.717, 1.165) is 0 Å². The minimum atomic E-state index is -1.16. The Labute approximate surface area is 154 Å². The van der Waals surface area contributed by atoms with Gasteiger partial charge in [-0.1, -0.05) is 34.8 Å². The van der Waals surface area contributed by atoms with E-state index in [1.165, 1.54) is 12.1 Å². The van der Waals surface area contributed by atoms with Crippen LogP contribution in [0.4, 0.5) is 11.4 Å². The number of amides is 1. The van der Waals surface area contributed by atoms with Gasteiger partial charge in [0.1, 0.15) is 5.69 Å². The van der Waals surface area contributed by atoms with E-state index in [1.807, 2.05) is 9.97 Å². The summed E-state index contributed by atoms with van der Waals surface area (Å²) < 4.78 is 4.69. The molecule has 25 heavy (non-hydrogen) atoms. The molecule has 2 rings (SSSR count). The largest absolute Gasteiger partial charge is 0.451 e. The third-order valence-corrected chi connectivity index (χ3v) is 3.60. The summed E-state index contributed by atoms with van der Waals surface area (Å²) in [5.74, 6) is -1.94. The average molecular weight is 408 g/mol. The van der Waals surface area contributed by atoms with E-state index in [-0.39, 0.29) is 20.8 Å². The van der Waals surface area contributed by atoms with Crippen molar-refractivity contribution >= 4 is 58.1 Å². The van der Waals surface area contributed by atoms with Gasteiger partial charge in [0.25, 0.3) is 11.5 Å². The van der Waals surface area contributed by atoms with Crippen LogP contribution in [-0.4, -0.2) is 28.5 Å². The molecule has 132 valence electrons. The number of anilines is 2. The second kappa shape index (κ2) is 7.60. The van der Waals surface area contributed by atoms with Crippen LogP contribution in [0.5, 0.6) is 0 Å². The number of ether oxygens (including phenoxy) is 1. The van der Waals surface area contributed by atoms with Crippen LogP contribution in [0.2, 0.25) is 15.1 Å². The lowest BCUT2D eigenvalue weighted by Crippen LogP contribution is -2.30. The Morgan fingerprint density at radius 2 is 1.72 bits per heavy atom. The lowest BCUT2D eigenvalue weighted by molar-refractivity contribution is -0.119. The van der Waals surface area contributed by atoms with Gasteiger partial charge in [0.15, 0.2) is 12.3 Å². The number of rotatable bonds is 4. The van der Waals surface area contributed by atoms with E-state index in [9.17, 15) is 19.2 Å². The molecule has 1 amide bonds. The molecule has 12 heteroatoms. The van der Waals surface area contributed by atoms with Crippen LogP contribution >= 0.6 is 34.8 Å². The van der Waals surface area contributed by atoms with Crippen LogP contribution in [0.15, 0.2) is 21.7 Å². The Kier molecular flexibility index (Phi) is 5.73. The van der Waals surface area contributed by atoms with Gasteiger partial charge in [0.2, 0.25) is 0 Å². The third kappa shape index (κ3) is 4.53. The van der Waals surface area contributed by atoms with E-state index in [0.29, 0.717) is 0 Å². The molecule has 0 unspecified atom stereocenters. The highest BCUT2D eigenvalue weighted by molar-refractivity contribution is 6.42. The smallest absolute Gasteiger partial charge is 0.357 e. The minimum Gasteiger partial charge on any atom is -0.451 e. The number of aromatic amines is 2. The van der Waals surface area contributed by atoms with Crippen LogP contribution in [0.3, 0.4) is 0 Å². The van der Waals surface area contributed by atoms with Crippen molar-refractivity contribution in [2.24, 2.45) is 0 Å². The number of nitrogens with one attached hydrogen (secondary N) is 3. The third-order valence-electron chi connectivity index (χ3n) is 2.79. The van der Waals surface area contributed by atoms with Gasteiger partial charge in [-0.15, -0.1) is 0 Å². The summed E-state index contributed by atoms with van der Waals surface area (Å²) in [5.41, 5.74) is 2.43. The minimum absolute atomic E-state index is 0.0814. The number of aromatic nitrogens is 2. The molecule has 1 aromatic heterocycles. The second-order valence-corrected chi connectivity index (χ2v) is 5.82. The Hall–Kier alpha value is -2.49. The Balaban J connectivity index is 2.07. The van der Waals surface area contributed by atoms with E-state index in [4.69, 9.17) is 45.3 Å². The maximum atomic E-state index is 11.8. The normalized spacial score (nSPS) is 10.4.